The van der Waals surface area contributed by atoms with Crippen LogP contribution in [0.3, 0.4) is 0 Å². The highest BCUT2D eigenvalue weighted by molar-refractivity contribution is 7.89. The van der Waals surface area contributed by atoms with Gasteiger partial charge >= 0.3 is 0 Å². The number of nitrogens with one attached hydrogen (secondary N) is 1. The fraction of sp³-hybridized carbons (Fsp3) is 0.667. The fourth-order valence-electron chi connectivity index (χ4n) is 2.55. The molecule has 1 unspecified atom stereocenters. The molecule has 2 N–H and O–H groups in total. The fourth-order valence-corrected chi connectivity index (χ4v) is 5.15. The third kappa shape index (κ3) is 2.93. The van der Waals surface area contributed by atoms with Gasteiger partial charge < -0.3 is 5.11 Å². The van der Waals surface area contributed by atoms with Crippen molar-refractivity contribution in [3.05, 3.63) is 16.3 Å². The topological polar surface area (TPSA) is 66.4 Å². The van der Waals surface area contributed by atoms with Crippen molar-refractivity contribution in [1.29, 1.82) is 0 Å². The number of aliphatic hydroxyl groups is 1. The van der Waals surface area contributed by atoms with Crippen LogP contribution < -0.4 is 4.72 Å². The van der Waals surface area contributed by atoms with Gasteiger partial charge in [-0.15, -0.1) is 11.3 Å². The van der Waals surface area contributed by atoms with Crippen molar-refractivity contribution >= 4 is 21.4 Å². The lowest BCUT2D eigenvalue weighted by Gasteiger charge is -2.20. The van der Waals surface area contributed by atoms with Gasteiger partial charge in [0.1, 0.15) is 0 Å². The van der Waals surface area contributed by atoms with E-state index in [1.165, 1.54) is 24.2 Å². The molecule has 1 heterocycles. The number of aliphatic hydroxyl groups excluding tert-OH is 1. The van der Waals surface area contributed by atoms with Gasteiger partial charge in [-0.1, -0.05) is 12.8 Å². The van der Waals surface area contributed by atoms with Crippen LogP contribution in [0.2, 0.25) is 0 Å². The lowest BCUT2D eigenvalue weighted by Crippen LogP contribution is -2.37. The van der Waals surface area contributed by atoms with Crippen molar-refractivity contribution in [3.63, 3.8) is 0 Å². The minimum absolute atomic E-state index is 0.0380. The van der Waals surface area contributed by atoms with Gasteiger partial charge in [0, 0.05) is 10.9 Å². The highest BCUT2D eigenvalue weighted by Crippen LogP contribution is 2.29. The maximum Gasteiger partial charge on any atom is 0.242 e. The minimum Gasteiger partial charge on any atom is -0.391 e. The van der Waals surface area contributed by atoms with Crippen LogP contribution in [-0.4, -0.2) is 19.6 Å². The molecule has 102 valence electrons. The molecule has 1 aromatic rings. The van der Waals surface area contributed by atoms with Crippen LogP contribution >= 0.6 is 11.3 Å². The Morgan fingerprint density at radius 3 is 2.78 bits per heavy atom. The Morgan fingerprint density at radius 2 is 2.17 bits per heavy atom. The largest absolute Gasteiger partial charge is 0.391 e. The van der Waals surface area contributed by atoms with Gasteiger partial charge in [0.15, 0.2) is 0 Å². The van der Waals surface area contributed by atoms with Gasteiger partial charge in [0.2, 0.25) is 10.0 Å². The molecule has 1 aromatic heterocycles. The number of hydrogen-bond acceptors (Lipinski definition) is 4. The lowest BCUT2D eigenvalue weighted by atomic mass is 10.0. The standard InChI is InChI=1S/C12H19NO3S2/c1-9(10-4-2-3-5-10)13-18(15,16)12-6-7-17-11(12)8-14/h6-7,9-10,13-14H,2-5,8H2,1H3. The number of thiophene rings is 1. The molecule has 0 spiro atoms. The molecule has 2 rings (SSSR count). The molecular formula is C12H19NO3S2. The molecule has 1 fully saturated rings. The molecule has 1 saturated carbocycles. The first-order valence-corrected chi connectivity index (χ1v) is 8.60. The summed E-state index contributed by atoms with van der Waals surface area (Å²) in [5.74, 6) is 0.441. The molecule has 0 radical (unpaired) electrons. The van der Waals surface area contributed by atoms with Crippen LogP contribution in [0.25, 0.3) is 0 Å². The van der Waals surface area contributed by atoms with Crippen molar-refractivity contribution < 1.29 is 13.5 Å². The van der Waals surface area contributed by atoms with Crippen molar-refractivity contribution in [1.82, 2.24) is 4.72 Å². The zero-order valence-electron chi connectivity index (χ0n) is 10.4. The van der Waals surface area contributed by atoms with Gasteiger partial charge in [-0.05, 0) is 37.1 Å². The first kappa shape index (κ1) is 14.0. The summed E-state index contributed by atoms with van der Waals surface area (Å²) in [7, 11) is -3.50. The SMILES string of the molecule is CC(NS(=O)(=O)c1ccsc1CO)C1CCCC1. The monoisotopic (exact) mass is 289 g/mol. The minimum atomic E-state index is -3.50. The molecule has 0 aliphatic heterocycles. The molecule has 1 atom stereocenters. The number of rotatable bonds is 5. The number of sulfonamides is 1. The van der Waals surface area contributed by atoms with E-state index in [9.17, 15) is 8.42 Å². The Kier molecular flexibility index (Phi) is 4.42. The van der Waals surface area contributed by atoms with E-state index in [1.54, 1.807) is 11.4 Å². The van der Waals surface area contributed by atoms with Crippen molar-refractivity contribution in [2.24, 2.45) is 5.92 Å². The molecule has 1 aliphatic rings. The molecule has 4 nitrogen and oxygen atoms in total. The van der Waals surface area contributed by atoms with Gasteiger partial charge in [-0.25, -0.2) is 13.1 Å². The zero-order valence-corrected chi connectivity index (χ0v) is 12.1. The van der Waals surface area contributed by atoms with Crippen LogP contribution in [0, 0.1) is 5.92 Å². The highest BCUT2D eigenvalue weighted by atomic mass is 32.2. The third-order valence-electron chi connectivity index (χ3n) is 3.59. The second-order valence-electron chi connectivity index (χ2n) is 4.82. The second-order valence-corrected chi connectivity index (χ2v) is 7.50. The molecule has 1 aliphatic carbocycles. The summed E-state index contributed by atoms with van der Waals surface area (Å²) in [6, 6.07) is 1.52. The van der Waals surface area contributed by atoms with Gasteiger partial charge in [0.25, 0.3) is 0 Å². The first-order chi connectivity index (χ1) is 8.54. The Balaban J connectivity index is 2.11. The summed E-state index contributed by atoms with van der Waals surface area (Å²) < 4.78 is 27.2. The van der Waals surface area contributed by atoms with Gasteiger partial charge in [-0.2, -0.15) is 0 Å². The van der Waals surface area contributed by atoms with Crippen LogP contribution in [0.1, 0.15) is 37.5 Å². The van der Waals surface area contributed by atoms with E-state index in [4.69, 9.17) is 5.11 Å². The van der Waals surface area contributed by atoms with E-state index in [0.717, 1.165) is 12.8 Å². The van der Waals surface area contributed by atoms with E-state index >= 15 is 0 Å². The maximum absolute atomic E-state index is 12.2. The summed E-state index contributed by atoms with van der Waals surface area (Å²) >= 11 is 1.27. The lowest BCUT2D eigenvalue weighted by molar-refractivity contribution is 0.282. The Labute approximate surface area is 112 Å². The predicted octanol–water partition coefficient (Wildman–Crippen LogP) is 2.10. The Hall–Kier alpha value is -0.430. The van der Waals surface area contributed by atoms with Crippen LogP contribution in [0.15, 0.2) is 16.3 Å². The quantitative estimate of drug-likeness (QED) is 0.872. The summed E-state index contributed by atoms with van der Waals surface area (Å²) in [5.41, 5.74) is 0. The van der Waals surface area contributed by atoms with E-state index in [0.29, 0.717) is 10.8 Å². The normalized spacial score (nSPS) is 19.2. The highest BCUT2D eigenvalue weighted by Gasteiger charge is 2.27. The average molecular weight is 289 g/mol. The third-order valence-corrected chi connectivity index (χ3v) is 6.26. The predicted molar refractivity (Wildman–Crippen MR) is 72.0 cm³/mol. The molecule has 18 heavy (non-hydrogen) atoms. The molecule has 0 bridgehead atoms. The van der Waals surface area contributed by atoms with E-state index < -0.39 is 10.0 Å². The molecule has 6 heteroatoms. The van der Waals surface area contributed by atoms with E-state index in [2.05, 4.69) is 4.72 Å². The average Bonchev–Trinajstić information content (AvgIpc) is 2.99. The van der Waals surface area contributed by atoms with Gasteiger partial charge in [0.05, 0.1) is 11.5 Å². The van der Waals surface area contributed by atoms with Crippen LogP contribution in [0.4, 0.5) is 0 Å². The first-order valence-electron chi connectivity index (χ1n) is 6.24. The molecule has 0 aromatic carbocycles. The van der Waals surface area contributed by atoms with Crippen molar-refractivity contribution in [3.8, 4) is 0 Å². The van der Waals surface area contributed by atoms with Crippen molar-refractivity contribution in [2.45, 2.75) is 50.2 Å². The smallest absolute Gasteiger partial charge is 0.242 e. The molecular weight excluding hydrogens is 270 g/mol. The van der Waals surface area contributed by atoms with Gasteiger partial charge in [-0.3, -0.25) is 0 Å². The Morgan fingerprint density at radius 1 is 1.50 bits per heavy atom. The van der Waals surface area contributed by atoms with E-state index in [-0.39, 0.29) is 17.5 Å². The second kappa shape index (κ2) is 5.69. The maximum atomic E-state index is 12.2. The summed E-state index contributed by atoms with van der Waals surface area (Å²) in [4.78, 5) is 0.723. The Bertz CT molecular complexity index is 489. The summed E-state index contributed by atoms with van der Waals surface area (Å²) in [6.45, 7) is 1.70. The number of hydrogen-bond donors (Lipinski definition) is 2. The summed E-state index contributed by atoms with van der Waals surface area (Å²) in [5, 5.41) is 10.8. The van der Waals surface area contributed by atoms with E-state index in [1.807, 2.05) is 6.92 Å². The van der Waals surface area contributed by atoms with Crippen LogP contribution in [0.5, 0.6) is 0 Å². The zero-order chi connectivity index (χ0) is 13.2. The molecule has 0 saturated heterocycles. The van der Waals surface area contributed by atoms with Crippen molar-refractivity contribution in [2.75, 3.05) is 0 Å². The summed E-state index contributed by atoms with van der Waals surface area (Å²) in [6.07, 6.45) is 4.58. The molecule has 0 amide bonds. The van der Waals surface area contributed by atoms with Crippen LogP contribution in [-0.2, 0) is 16.6 Å².